The van der Waals surface area contributed by atoms with Crippen molar-refractivity contribution in [2.24, 2.45) is 5.73 Å². The first-order valence-corrected chi connectivity index (χ1v) is 11.4. The van der Waals surface area contributed by atoms with Crippen LogP contribution >= 0.6 is 7.82 Å². The molecule has 0 aliphatic heterocycles. The summed E-state index contributed by atoms with van der Waals surface area (Å²) in [6.07, 6.45) is 10.5. The monoisotopic (exact) mass is 409 g/mol. The number of nitrogens with zero attached hydrogens (tertiary/aromatic N) is 1. The Morgan fingerprint density at radius 1 is 1.14 bits per heavy atom. The summed E-state index contributed by atoms with van der Waals surface area (Å²) in [6.45, 7) is 3.49. The summed E-state index contributed by atoms with van der Waals surface area (Å²) in [5.41, 5.74) is 8.06. The van der Waals surface area contributed by atoms with Crippen molar-refractivity contribution in [2.45, 2.75) is 64.3 Å². The number of rotatable bonds is 12. The van der Waals surface area contributed by atoms with E-state index in [1.807, 2.05) is 12.1 Å². The minimum atomic E-state index is -4.58. The topological polar surface area (TPSA) is 121 Å². The van der Waals surface area contributed by atoms with E-state index in [0.717, 1.165) is 17.7 Å². The summed E-state index contributed by atoms with van der Waals surface area (Å²) in [5, 5.41) is 0. The lowest BCUT2D eigenvalue weighted by molar-refractivity contribution is 0.155. The van der Waals surface area contributed by atoms with E-state index in [-0.39, 0.29) is 6.61 Å². The van der Waals surface area contributed by atoms with E-state index >= 15 is 0 Å². The molecule has 2 rings (SSSR count). The normalized spacial score (nSPS) is 14.2. The number of aromatic nitrogens is 2. The molecule has 0 aliphatic rings. The van der Waals surface area contributed by atoms with Crippen LogP contribution in [0, 0.1) is 0 Å². The number of phosphoric acid groups is 1. The second kappa shape index (κ2) is 10.3. The Labute approximate surface area is 167 Å². The molecule has 2 aromatic rings. The smallest absolute Gasteiger partial charge is 0.340 e. The minimum Gasteiger partial charge on any atom is -0.340 e. The molecule has 0 radical (unpaired) electrons. The van der Waals surface area contributed by atoms with Crippen molar-refractivity contribution < 1.29 is 18.9 Å². The van der Waals surface area contributed by atoms with Crippen LogP contribution in [0.4, 0.5) is 0 Å². The van der Waals surface area contributed by atoms with Crippen LogP contribution in [0.25, 0.3) is 11.3 Å². The quantitative estimate of drug-likeness (QED) is 0.307. The van der Waals surface area contributed by atoms with Crippen LogP contribution in [-0.2, 0) is 21.0 Å². The van der Waals surface area contributed by atoms with E-state index in [9.17, 15) is 4.57 Å². The molecule has 1 atom stereocenters. The van der Waals surface area contributed by atoms with Gasteiger partial charge in [-0.3, -0.25) is 4.52 Å². The first-order valence-electron chi connectivity index (χ1n) is 9.85. The number of benzene rings is 1. The Kier molecular flexibility index (Phi) is 8.40. The summed E-state index contributed by atoms with van der Waals surface area (Å²) >= 11 is 0. The molecule has 0 spiro atoms. The van der Waals surface area contributed by atoms with Crippen molar-refractivity contribution in [3.63, 3.8) is 0 Å². The molecule has 0 unspecified atom stereocenters. The molecule has 1 aromatic carbocycles. The Balaban J connectivity index is 1.91. The molecule has 8 heteroatoms. The van der Waals surface area contributed by atoms with Crippen LogP contribution in [0.5, 0.6) is 0 Å². The lowest BCUT2D eigenvalue weighted by atomic mass is 10.0. The first-order chi connectivity index (χ1) is 13.2. The van der Waals surface area contributed by atoms with Gasteiger partial charge in [0.2, 0.25) is 0 Å². The third kappa shape index (κ3) is 7.49. The Morgan fingerprint density at radius 3 is 2.43 bits per heavy atom. The average Bonchev–Trinajstić information content (AvgIpc) is 3.14. The van der Waals surface area contributed by atoms with Crippen LogP contribution in [-0.4, -0.2) is 26.4 Å². The van der Waals surface area contributed by atoms with Gasteiger partial charge in [-0.25, -0.2) is 9.55 Å². The number of aromatic amines is 1. The molecule has 0 bridgehead atoms. The van der Waals surface area contributed by atoms with Crippen molar-refractivity contribution in [1.82, 2.24) is 9.97 Å². The second-order valence-electron chi connectivity index (χ2n) is 7.54. The lowest BCUT2D eigenvalue weighted by Gasteiger charge is -2.22. The van der Waals surface area contributed by atoms with Crippen LogP contribution in [0.2, 0.25) is 0 Å². The van der Waals surface area contributed by atoms with Gasteiger partial charge >= 0.3 is 7.82 Å². The first kappa shape index (κ1) is 22.8. The van der Waals surface area contributed by atoms with E-state index < -0.39 is 13.4 Å². The Morgan fingerprint density at radius 2 is 1.79 bits per heavy atom. The number of aryl methyl sites for hydroxylation is 1. The fourth-order valence-electron chi connectivity index (χ4n) is 3.01. The van der Waals surface area contributed by atoms with Crippen molar-refractivity contribution in [2.75, 3.05) is 6.61 Å². The van der Waals surface area contributed by atoms with Crippen molar-refractivity contribution in [3.8, 4) is 11.3 Å². The number of nitrogens with one attached hydrogen (secondary N) is 1. The lowest BCUT2D eigenvalue weighted by Crippen LogP contribution is -2.39. The molecule has 156 valence electrons. The third-order valence-corrected chi connectivity index (χ3v) is 5.20. The zero-order valence-electron chi connectivity index (χ0n) is 16.7. The molecule has 28 heavy (non-hydrogen) atoms. The number of unbranched alkanes of at least 4 members (excludes halogenated alkanes) is 5. The highest BCUT2D eigenvalue weighted by Crippen LogP contribution is 2.37. The van der Waals surface area contributed by atoms with Gasteiger partial charge in [-0.15, -0.1) is 0 Å². The Bertz CT molecular complexity index is 768. The van der Waals surface area contributed by atoms with E-state index in [2.05, 4.69) is 33.5 Å². The van der Waals surface area contributed by atoms with E-state index in [1.165, 1.54) is 44.1 Å². The molecule has 0 amide bonds. The largest absolute Gasteiger partial charge is 0.469 e. The second-order valence-corrected chi connectivity index (χ2v) is 8.78. The fraction of sp³-hybridized carbons (Fsp3) is 0.550. The predicted octanol–water partition coefficient (Wildman–Crippen LogP) is 4.26. The van der Waals surface area contributed by atoms with Crippen molar-refractivity contribution in [1.29, 1.82) is 0 Å². The number of phosphoric ester groups is 1. The van der Waals surface area contributed by atoms with Gasteiger partial charge in [-0.1, -0.05) is 63.3 Å². The molecule has 0 fully saturated rings. The highest BCUT2D eigenvalue weighted by atomic mass is 31.2. The van der Waals surface area contributed by atoms with Gasteiger partial charge in [0.15, 0.2) is 0 Å². The van der Waals surface area contributed by atoms with Gasteiger partial charge in [0.25, 0.3) is 0 Å². The summed E-state index contributed by atoms with van der Waals surface area (Å²) in [5.74, 6) is 0.409. The average molecular weight is 409 g/mol. The molecule has 1 heterocycles. The van der Waals surface area contributed by atoms with E-state index in [4.69, 9.17) is 15.5 Å². The summed E-state index contributed by atoms with van der Waals surface area (Å²) in [4.78, 5) is 25.1. The zero-order valence-corrected chi connectivity index (χ0v) is 17.6. The number of hydrogen-bond donors (Lipinski definition) is 4. The fourth-order valence-corrected chi connectivity index (χ4v) is 3.44. The SMILES string of the molecule is CCCCCCCCc1ccc(-c2cnc([C@@](C)(N)COP(=O)(O)O)[nH]2)cc1. The van der Waals surface area contributed by atoms with Crippen LogP contribution in [0.1, 0.15) is 63.8 Å². The molecule has 0 saturated heterocycles. The molecule has 7 nitrogen and oxygen atoms in total. The van der Waals surface area contributed by atoms with Crippen LogP contribution in [0.15, 0.2) is 30.5 Å². The van der Waals surface area contributed by atoms with Gasteiger partial charge in [0.1, 0.15) is 5.82 Å². The highest BCUT2D eigenvalue weighted by molar-refractivity contribution is 7.46. The number of hydrogen-bond acceptors (Lipinski definition) is 4. The van der Waals surface area contributed by atoms with Crippen LogP contribution in [0.3, 0.4) is 0 Å². The number of imidazole rings is 1. The molecule has 0 aliphatic carbocycles. The predicted molar refractivity (Wildman–Crippen MR) is 111 cm³/mol. The van der Waals surface area contributed by atoms with Gasteiger partial charge < -0.3 is 20.5 Å². The Hall–Kier alpha value is -1.50. The molecular formula is C20H32N3O4P. The van der Waals surface area contributed by atoms with Crippen molar-refractivity contribution in [3.05, 3.63) is 41.9 Å². The van der Waals surface area contributed by atoms with Gasteiger partial charge in [0, 0.05) is 0 Å². The maximum absolute atomic E-state index is 10.9. The third-order valence-electron chi connectivity index (χ3n) is 4.73. The standard InChI is InChI=1S/C20H32N3O4P/c1-3-4-5-6-7-8-9-16-10-12-17(13-11-16)18-14-22-19(23-18)20(2,21)15-27-28(24,25)26/h10-14H,3-9,15,21H2,1-2H3,(H,22,23)(H2,24,25,26)/t20-/m0/s1. The highest BCUT2D eigenvalue weighted by Gasteiger charge is 2.29. The number of H-pyrrole nitrogens is 1. The van der Waals surface area contributed by atoms with E-state index in [1.54, 1.807) is 13.1 Å². The van der Waals surface area contributed by atoms with Gasteiger partial charge in [0.05, 0.1) is 24.0 Å². The maximum atomic E-state index is 10.9. The maximum Gasteiger partial charge on any atom is 0.469 e. The summed E-state index contributed by atoms with van der Waals surface area (Å²) in [7, 11) is -4.58. The summed E-state index contributed by atoms with van der Waals surface area (Å²) in [6, 6.07) is 8.34. The molecular weight excluding hydrogens is 377 g/mol. The number of nitrogens with two attached hydrogens (primary N) is 1. The summed E-state index contributed by atoms with van der Waals surface area (Å²) < 4.78 is 15.4. The van der Waals surface area contributed by atoms with Crippen LogP contribution < -0.4 is 5.73 Å². The minimum absolute atomic E-state index is 0.346. The van der Waals surface area contributed by atoms with E-state index in [0.29, 0.717) is 5.82 Å². The van der Waals surface area contributed by atoms with Crippen molar-refractivity contribution >= 4 is 7.82 Å². The van der Waals surface area contributed by atoms with Gasteiger partial charge in [-0.05, 0) is 30.9 Å². The molecule has 1 aromatic heterocycles. The molecule has 5 N–H and O–H groups in total. The molecule has 0 saturated carbocycles. The zero-order chi connectivity index (χ0) is 20.6. The van der Waals surface area contributed by atoms with Gasteiger partial charge in [-0.2, -0.15) is 0 Å².